The molecule has 1 fully saturated rings. The van der Waals surface area contributed by atoms with Crippen LogP contribution in [0.1, 0.15) is 12.8 Å². The minimum absolute atomic E-state index is 0.0729. The molecule has 0 amide bonds. The number of carbonyl (C=O) groups excluding carboxylic acids is 1. The highest BCUT2D eigenvalue weighted by atomic mass is 35.5. The number of halogens is 1. The average Bonchev–Trinajstić information content (AvgIpc) is 3.24. The van der Waals surface area contributed by atoms with Gasteiger partial charge in [0, 0.05) is 25.1 Å². The molecule has 1 saturated heterocycles. The predicted octanol–water partition coefficient (Wildman–Crippen LogP) is 3.17. The highest BCUT2D eigenvalue weighted by molar-refractivity contribution is 6.52. The summed E-state index contributed by atoms with van der Waals surface area (Å²) in [7, 11) is 2.24. The van der Waals surface area contributed by atoms with Crippen LogP contribution in [0.4, 0.5) is 5.69 Å². The summed E-state index contributed by atoms with van der Waals surface area (Å²) in [6.45, 7) is 3.74. The molecule has 0 radical (unpaired) electrons. The number of carbonyl (C=O) groups is 1. The second kappa shape index (κ2) is 7.41. The summed E-state index contributed by atoms with van der Waals surface area (Å²) >= 11 is 5.95. The third-order valence-corrected chi connectivity index (χ3v) is 5.56. The molecule has 1 aliphatic carbocycles. The van der Waals surface area contributed by atoms with Crippen LogP contribution in [0.5, 0.6) is 5.88 Å². The maximum absolute atomic E-state index is 12.2. The second-order valence-corrected chi connectivity index (χ2v) is 7.82. The Bertz CT molecular complexity index is 1020. The van der Waals surface area contributed by atoms with Gasteiger partial charge in [-0.25, -0.2) is 9.51 Å². The van der Waals surface area contributed by atoms with Gasteiger partial charge in [-0.2, -0.15) is 0 Å². The average molecular weight is 402 g/mol. The quantitative estimate of drug-likeness (QED) is 0.616. The maximum Gasteiger partial charge on any atom is 0.260 e. The van der Waals surface area contributed by atoms with E-state index in [0.29, 0.717) is 18.2 Å². The topological polar surface area (TPSA) is 76.2 Å². The standard InChI is InChI=1S/C20H21ClN4O3/c1-25(8-4-5-9-25)10-11-28-20-19(16-6-2-3-7-24(16)23-20)22-15-12-14(21)17(26)13-18(15)27/h2-3,6-7,12-13H,4-5,8-11H2,1H3/p+1. The Labute approximate surface area is 167 Å². The molecule has 1 aliphatic heterocycles. The maximum atomic E-state index is 12.2. The zero-order chi connectivity index (χ0) is 19.7. The molecule has 0 atom stereocenters. The summed E-state index contributed by atoms with van der Waals surface area (Å²) in [6, 6.07) is 5.60. The Hall–Kier alpha value is -2.64. The predicted molar refractivity (Wildman–Crippen MR) is 107 cm³/mol. The number of quaternary nitrogens is 1. The van der Waals surface area contributed by atoms with Gasteiger partial charge < -0.3 is 14.3 Å². The Balaban J connectivity index is 1.64. The molecular weight excluding hydrogens is 380 g/mol. The van der Waals surface area contributed by atoms with E-state index in [-0.39, 0.29) is 16.5 Å². The molecule has 28 heavy (non-hydrogen) atoms. The lowest BCUT2D eigenvalue weighted by atomic mass is 10.1. The Kier molecular flexibility index (Phi) is 4.95. The number of nitrogens with zero attached hydrogens (tertiary/aromatic N) is 4. The summed E-state index contributed by atoms with van der Waals surface area (Å²) in [4.78, 5) is 16.7. The first-order valence-electron chi connectivity index (χ1n) is 9.30. The van der Waals surface area contributed by atoms with Gasteiger partial charge in [-0.15, -0.1) is 5.10 Å². The molecule has 0 bridgehead atoms. The van der Waals surface area contributed by atoms with Gasteiger partial charge in [0.25, 0.3) is 5.88 Å². The van der Waals surface area contributed by atoms with Gasteiger partial charge in [0.1, 0.15) is 24.6 Å². The summed E-state index contributed by atoms with van der Waals surface area (Å²) < 4.78 is 8.66. The Morgan fingerprint density at radius 2 is 2.11 bits per heavy atom. The van der Waals surface area contributed by atoms with Crippen molar-refractivity contribution in [2.45, 2.75) is 12.8 Å². The first-order chi connectivity index (χ1) is 13.5. The fraction of sp³-hybridized carbons (Fsp3) is 0.350. The molecule has 8 heteroatoms. The van der Waals surface area contributed by atoms with Crippen LogP contribution >= 0.6 is 11.6 Å². The number of aliphatic imine (C=N–C) groups is 1. The van der Waals surface area contributed by atoms with Crippen LogP contribution in [-0.4, -0.2) is 64.0 Å². The summed E-state index contributed by atoms with van der Waals surface area (Å²) in [5.41, 5.74) is 1.33. The molecule has 2 aromatic heterocycles. The van der Waals surface area contributed by atoms with Gasteiger partial charge in [0.2, 0.25) is 5.78 Å². The van der Waals surface area contributed by atoms with Crippen molar-refractivity contribution in [2.24, 2.45) is 4.99 Å². The van der Waals surface area contributed by atoms with Gasteiger partial charge in [-0.05, 0) is 18.2 Å². The molecule has 1 N–H and O–H groups in total. The lowest BCUT2D eigenvalue weighted by Gasteiger charge is -2.28. The van der Waals surface area contributed by atoms with Crippen molar-refractivity contribution in [3.05, 3.63) is 47.3 Å². The minimum Gasteiger partial charge on any atom is -0.506 e. The highest BCUT2D eigenvalue weighted by Crippen LogP contribution is 2.33. The SMILES string of the molecule is C[N+]1(CCOc2nn3ccccc3c2N=C2C=C(Cl)C(O)=CC2=O)CCCC1. The van der Waals surface area contributed by atoms with Gasteiger partial charge in [0.15, 0.2) is 5.69 Å². The van der Waals surface area contributed by atoms with E-state index >= 15 is 0 Å². The van der Waals surface area contributed by atoms with E-state index in [1.54, 1.807) is 10.7 Å². The molecule has 7 nitrogen and oxygen atoms in total. The normalized spacial score (nSPS) is 20.5. The number of allylic oxidation sites excluding steroid dienone is 3. The number of rotatable bonds is 5. The summed E-state index contributed by atoms with van der Waals surface area (Å²) in [5.74, 6) is -0.302. The van der Waals surface area contributed by atoms with Crippen LogP contribution in [0, 0.1) is 0 Å². The van der Waals surface area contributed by atoms with Gasteiger partial charge in [0.05, 0.1) is 30.7 Å². The molecule has 0 aromatic carbocycles. The van der Waals surface area contributed by atoms with E-state index in [4.69, 9.17) is 16.3 Å². The van der Waals surface area contributed by atoms with Crippen LogP contribution < -0.4 is 4.74 Å². The first kappa shape index (κ1) is 18.7. The van der Waals surface area contributed by atoms with Crippen molar-refractivity contribution in [1.82, 2.24) is 9.61 Å². The summed E-state index contributed by atoms with van der Waals surface area (Å²) in [5, 5.41) is 14.2. The number of ketones is 1. The van der Waals surface area contributed by atoms with Crippen molar-refractivity contribution in [3.8, 4) is 5.88 Å². The molecule has 4 rings (SSSR count). The van der Waals surface area contributed by atoms with E-state index in [2.05, 4.69) is 17.1 Å². The second-order valence-electron chi connectivity index (χ2n) is 7.41. The molecule has 0 unspecified atom stereocenters. The van der Waals surface area contributed by atoms with Crippen molar-refractivity contribution in [2.75, 3.05) is 33.3 Å². The number of aromatic nitrogens is 2. The number of hydrogen-bond acceptors (Lipinski definition) is 5. The number of aliphatic hydroxyl groups is 1. The number of aliphatic hydroxyl groups excluding tert-OH is 1. The molecule has 0 spiro atoms. The Morgan fingerprint density at radius 1 is 1.32 bits per heavy atom. The zero-order valence-electron chi connectivity index (χ0n) is 15.6. The van der Waals surface area contributed by atoms with Crippen LogP contribution in [-0.2, 0) is 4.79 Å². The van der Waals surface area contributed by atoms with E-state index in [1.807, 2.05) is 18.2 Å². The number of ether oxygens (including phenoxy) is 1. The van der Waals surface area contributed by atoms with E-state index in [9.17, 15) is 9.90 Å². The molecule has 2 aromatic rings. The molecular formula is C20H22ClN4O3+. The van der Waals surface area contributed by atoms with Crippen LogP contribution in [0.2, 0.25) is 0 Å². The van der Waals surface area contributed by atoms with Crippen LogP contribution in [0.15, 0.2) is 52.3 Å². The molecule has 0 saturated carbocycles. The van der Waals surface area contributed by atoms with Gasteiger partial charge in [-0.3, -0.25) is 4.79 Å². The van der Waals surface area contributed by atoms with E-state index in [1.165, 1.54) is 18.9 Å². The lowest BCUT2D eigenvalue weighted by molar-refractivity contribution is -0.897. The monoisotopic (exact) mass is 401 g/mol. The van der Waals surface area contributed by atoms with Crippen molar-refractivity contribution in [3.63, 3.8) is 0 Å². The highest BCUT2D eigenvalue weighted by Gasteiger charge is 2.27. The van der Waals surface area contributed by atoms with E-state index in [0.717, 1.165) is 35.7 Å². The third kappa shape index (κ3) is 3.68. The third-order valence-electron chi connectivity index (χ3n) is 5.26. The van der Waals surface area contributed by atoms with Crippen LogP contribution in [0.3, 0.4) is 0 Å². The zero-order valence-corrected chi connectivity index (χ0v) is 16.4. The number of fused-ring (bicyclic) bond motifs is 1. The molecule has 146 valence electrons. The smallest absolute Gasteiger partial charge is 0.260 e. The first-order valence-corrected chi connectivity index (χ1v) is 9.68. The number of pyridine rings is 1. The fourth-order valence-electron chi connectivity index (χ4n) is 3.59. The largest absolute Gasteiger partial charge is 0.506 e. The van der Waals surface area contributed by atoms with Gasteiger partial charge in [-0.1, -0.05) is 17.7 Å². The minimum atomic E-state index is -0.418. The number of hydrogen-bond donors (Lipinski definition) is 1. The van der Waals surface area contributed by atoms with Crippen molar-refractivity contribution in [1.29, 1.82) is 0 Å². The Morgan fingerprint density at radius 3 is 2.89 bits per heavy atom. The lowest BCUT2D eigenvalue weighted by Crippen LogP contribution is -2.43. The summed E-state index contributed by atoms with van der Waals surface area (Å²) in [6.07, 6.45) is 6.72. The van der Waals surface area contributed by atoms with E-state index < -0.39 is 5.78 Å². The number of likely N-dealkylation sites (tertiary alicyclic amines) is 1. The molecule has 3 heterocycles. The van der Waals surface area contributed by atoms with Gasteiger partial charge >= 0.3 is 0 Å². The fourth-order valence-corrected chi connectivity index (χ4v) is 3.75. The molecule has 2 aliphatic rings. The van der Waals surface area contributed by atoms with Crippen molar-refractivity contribution < 1.29 is 19.1 Å². The van der Waals surface area contributed by atoms with Crippen LogP contribution in [0.25, 0.3) is 5.52 Å². The number of likely N-dealkylation sites (N-methyl/N-ethyl adjacent to an activating group) is 1. The van der Waals surface area contributed by atoms with Crippen molar-refractivity contribution >= 4 is 34.3 Å².